The van der Waals surface area contributed by atoms with Gasteiger partial charge in [-0.15, -0.1) is 0 Å². The summed E-state index contributed by atoms with van der Waals surface area (Å²) in [6.07, 6.45) is 4.38. The summed E-state index contributed by atoms with van der Waals surface area (Å²) < 4.78 is 38.3. The number of halogens is 2. The van der Waals surface area contributed by atoms with Gasteiger partial charge in [-0.25, -0.2) is 9.37 Å². The predicted octanol–water partition coefficient (Wildman–Crippen LogP) is 5.26. The van der Waals surface area contributed by atoms with E-state index in [-0.39, 0.29) is 11.7 Å². The number of aromatic nitrogens is 2. The van der Waals surface area contributed by atoms with E-state index in [1.807, 2.05) is 57.5 Å². The summed E-state index contributed by atoms with van der Waals surface area (Å²) >= 11 is 0. The lowest BCUT2D eigenvalue weighted by atomic mass is 9.84. The lowest BCUT2D eigenvalue weighted by Crippen LogP contribution is -2.35. The molecule has 0 bridgehead atoms. The summed E-state index contributed by atoms with van der Waals surface area (Å²) in [4.78, 5) is 8.74. The molecule has 4 rings (SSSR count). The molecular formula is C30H39F2N5O2. The highest BCUT2D eigenvalue weighted by Crippen LogP contribution is 2.42. The van der Waals surface area contributed by atoms with Gasteiger partial charge in [-0.1, -0.05) is 20.8 Å². The predicted molar refractivity (Wildman–Crippen MR) is 151 cm³/mol. The monoisotopic (exact) mass is 539 g/mol. The van der Waals surface area contributed by atoms with Crippen molar-refractivity contribution >= 4 is 11.4 Å². The van der Waals surface area contributed by atoms with Gasteiger partial charge in [0, 0.05) is 48.7 Å². The third-order valence-electron chi connectivity index (χ3n) is 7.36. The maximum absolute atomic E-state index is 15.4. The minimum Gasteiger partial charge on any atom is -0.486 e. The Balaban J connectivity index is 1.76. The molecule has 2 unspecified atom stereocenters. The molecule has 9 heteroatoms. The zero-order valence-corrected chi connectivity index (χ0v) is 23.6. The lowest BCUT2D eigenvalue weighted by Gasteiger charge is -2.29. The average molecular weight is 540 g/mol. The van der Waals surface area contributed by atoms with E-state index in [0.717, 1.165) is 30.2 Å². The van der Waals surface area contributed by atoms with Crippen LogP contribution >= 0.6 is 0 Å². The fourth-order valence-corrected chi connectivity index (χ4v) is 4.74. The van der Waals surface area contributed by atoms with Gasteiger partial charge in [0.2, 0.25) is 5.82 Å². The second kappa shape index (κ2) is 11.4. The molecule has 0 spiro atoms. The Morgan fingerprint density at radius 3 is 2.59 bits per heavy atom. The summed E-state index contributed by atoms with van der Waals surface area (Å²) in [5.74, 6) is -2.00. The largest absolute Gasteiger partial charge is 0.486 e. The topological polar surface area (TPSA) is 97.2 Å². The maximum Gasteiger partial charge on any atom is 0.201 e. The highest BCUT2D eigenvalue weighted by molar-refractivity contribution is 5.99. The van der Waals surface area contributed by atoms with Crippen molar-refractivity contribution in [3.05, 3.63) is 65.3 Å². The fraction of sp³-hybridized carbons (Fsp3) is 0.467. The molecule has 0 amide bonds. The molecule has 0 radical (unpaired) electrons. The zero-order chi connectivity index (χ0) is 28.5. The minimum atomic E-state index is -1.03. The van der Waals surface area contributed by atoms with Crippen molar-refractivity contribution in [2.24, 2.45) is 22.1 Å². The van der Waals surface area contributed by atoms with Crippen LogP contribution in [0.15, 0.2) is 52.9 Å². The normalized spacial score (nSPS) is 16.8. The van der Waals surface area contributed by atoms with E-state index in [9.17, 15) is 9.50 Å². The molecule has 39 heavy (non-hydrogen) atoms. The third kappa shape index (κ3) is 6.15. The number of aliphatic imine (C=N–C) groups is 1. The van der Waals surface area contributed by atoms with Crippen LogP contribution in [0.1, 0.15) is 52.7 Å². The van der Waals surface area contributed by atoms with Crippen molar-refractivity contribution in [3.63, 3.8) is 0 Å². The maximum atomic E-state index is 15.4. The van der Waals surface area contributed by atoms with Crippen LogP contribution in [0.5, 0.6) is 5.75 Å². The van der Waals surface area contributed by atoms with Crippen molar-refractivity contribution in [1.29, 1.82) is 0 Å². The van der Waals surface area contributed by atoms with Gasteiger partial charge in [-0.3, -0.25) is 4.99 Å². The van der Waals surface area contributed by atoms with Gasteiger partial charge in [0.1, 0.15) is 11.8 Å². The summed E-state index contributed by atoms with van der Waals surface area (Å²) in [5.41, 5.74) is 10.5. The number of benzene rings is 1. The van der Waals surface area contributed by atoms with Crippen LogP contribution in [0.2, 0.25) is 0 Å². The molecule has 2 heterocycles. The minimum absolute atomic E-state index is 0.137. The summed E-state index contributed by atoms with van der Waals surface area (Å²) in [5, 5.41) is 14.0. The van der Waals surface area contributed by atoms with E-state index < -0.39 is 29.3 Å². The van der Waals surface area contributed by atoms with Crippen LogP contribution in [0.4, 0.5) is 8.78 Å². The molecule has 1 aliphatic rings. The highest BCUT2D eigenvalue weighted by atomic mass is 19.2. The first-order valence-electron chi connectivity index (χ1n) is 13.3. The first-order chi connectivity index (χ1) is 18.5. The molecule has 2 aromatic heterocycles. The van der Waals surface area contributed by atoms with Crippen molar-refractivity contribution in [2.45, 2.75) is 65.7 Å². The van der Waals surface area contributed by atoms with E-state index >= 15 is 4.39 Å². The first kappa shape index (κ1) is 28.7. The number of hydrogen-bond acceptors (Lipinski definition) is 6. The van der Waals surface area contributed by atoms with Crippen molar-refractivity contribution < 1.29 is 18.6 Å². The van der Waals surface area contributed by atoms with Gasteiger partial charge in [-0.05, 0) is 68.0 Å². The molecule has 2 atom stereocenters. The number of nitrogens with two attached hydrogens (primary N) is 1. The Morgan fingerprint density at radius 1 is 1.26 bits per heavy atom. The molecular weight excluding hydrogens is 500 g/mol. The van der Waals surface area contributed by atoms with Crippen molar-refractivity contribution in [2.75, 3.05) is 14.1 Å². The molecule has 1 fully saturated rings. The molecule has 0 saturated heterocycles. The van der Waals surface area contributed by atoms with Crippen LogP contribution < -0.4 is 15.8 Å². The Labute approximate surface area is 228 Å². The number of nitrogens with one attached hydrogen (secondary N) is 1. The van der Waals surface area contributed by atoms with E-state index in [4.69, 9.17) is 10.5 Å². The molecule has 1 aromatic carbocycles. The quantitative estimate of drug-likeness (QED) is 0.306. The standard InChI is InChI=1S/C30H39F2N5O2/c1-17(35-6)22(27(33)29(38)30(2,3)4)13-24(18-7-8-18)39-28-21(10-11-23(31)26(28)32)19-9-12-25-36-15-20(14-34-5)37(25)16-19/h9-12,15-16,18,24,29,34,38H,7-8,13-14,33H2,1-6H3/b27-22-,35-17?. The van der Waals surface area contributed by atoms with Gasteiger partial charge in [-0.2, -0.15) is 4.39 Å². The second-order valence-electron chi connectivity index (χ2n) is 11.4. The van der Waals surface area contributed by atoms with Crippen molar-refractivity contribution in [3.8, 4) is 16.9 Å². The van der Waals surface area contributed by atoms with Crippen molar-refractivity contribution in [1.82, 2.24) is 14.7 Å². The highest BCUT2D eigenvalue weighted by Gasteiger charge is 2.37. The first-order valence-corrected chi connectivity index (χ1v) is 13.3. The van der Waals surface area contributed by atoms with Gasteiger partial charge in [0.15, 0.2) is 11.6 Å². The number of fused-ring (bicyclic) bond motifs is 1. The second-order valence-corrected chi connectivity index (χ2v) is 11.4. The number of imidazole rings is 1. The fourth-order valence-electron chi connectivity index (χ4n) is 4.74. The van der Waals surface area contributed by atoms with Crippen LogP contribution in [0, 0.1) is 23.0 Å². The summed E-state index contributed by atoms with van der Waals surface area (Å²) in [6, 6.07) is 6.33. The average Bonchev–Trinajstić information content (AvgIpc) is 3.68. The van der Waals surface area contributed by atoms with Gasteiger partial charge in [0.05, 0.1) is 18.0 Å². The smallest absolute Gasteiger partial charge is 0.201 e. The molecule has 4 N–H and O–H groups in total. The third-order valence-corrected chi connectivity index (χ3v) is 7.36. The SMILES string of the molecule is CN=C(C)/C(CC(Oc1c(-c2ccc3ncc(CNC)n3c2)ccc(F)c1F)C1CC1)=C(\N)C(O)C(C)(C)C. The van der Waals surface area contributed by atoms with Gasteiger partial charge < -0.3 is 25.3 Å². The van der Waals surface area contributed by atoms with E-state index in [0.29, 0.717) is 41.1 Å². The van der Waals surface area contributed by atoms with Crippen LogP contribution in [0.3, 0.4) is 0 Å². The Hall–Kier alpha value is -3.30. The van der Waals surface area contributed by atoms with Gasteiger partial charge >= 0.3 is 0 Å². The molecule has 7 nitrogen and oxygen atoms in total. The van der Waals surface area contributed by atoms with Crippen LogP contribution in [-0.4, -0.2) is 46.5 Å². The Morgan fingerprint density at radius 2 is 1.97 bits per heavy atom. The number of hydrogen-bond donors (Lipinski definition) is 3. The Kier molecular flexibility index (Phi) is 8.42. The zero-order valence-electron chi connectivity index (χ0n) is 23.6. The molecule has 0 aliphatic heterocycles. The summed E-state index contributed by atoms with van der Waals surface area (Å²) in [6.45, 7) is 8.15. The van der Waals surface area contributed by atoms with E-state index in [1.54, 1.807) is 19.3 Å². The Bertz CT molecular complexity index is 1400. The van der Waals surface area contributed by atoms with Crippen LogP contribution in [0.25, 0.3) is 16.8 Å². The number of nitrogens with zero attached hydrogens (tertiary/aromatic N) is 3. The van der Waals surface area contributed by atoms with E-state index in [1.165, 1.54) is 0 Å². The number of aliphatic hydroxyl groups is 1. The molecule has 1 saturated carbocycles. The number of pyridine rings is 1. The number of rotatable bonds is 10. The van der Waals surface area contributed by atoms with Gasteiger partial charge in [0.25, 0.3) is 0 Å². The molecule has 1 aliphatic carbocycles. The van der Waals surface area contributed by atoms with Crippen LogP contribution in [-0.2, 0) is 6.54 Å². The molecule has 210 valence electrons. The number of aliphatic hydroxyl groups excluding tert-OH is 1. The molecule has 3 aromatic rings. The summed E-state index contributed by atoms with van der Waals surface area (Å²) in [7, 11) is 3.52. The van der Waals surface area contributed by atoms with E-state index in [2.05, 4.69) is 15.3 Å². The number of ether oxygens (including phenoxy) is 1. The lowest BCUT2D eigenvalue weighted by molar-refractivity contribution is 0.0919.